The Morgan fingerprint density at radius 3 is 2.75 bits per heavy atom. The number of aromatic nitrogens is 2. The predicted molar refractivity (Wildman–Crippen MR) is 88.5 cm³/mol. The highest BCUT2D eigenvalue weighted by Crippen LogP contribution is 2.19. The van der Waals surface area contributed by atoms with Crippen LogP contribution in [0.15, 0.2) is 18.5 Å². The number of nitrogens with zero attached hydrogens (tertiary/aromatic N) is 1. The fourth-order valence-electron chi connectivity index (χ4n) is 2.52. The fraction of sp³-hybridized carbons (Fsp3) is 0.562. The Morgan fingerprint density at radius 2 is 2.05 bits per heavy atom. The van der Waals surface area contributed by atoms with Crippen molar-refractivity contribution in [2.24, 2.45) is 0 Å². The first-order chi connectivity index (χ1) is 9.54. The molecule has 0 aliphatic rings. The highest BCUT2D eigenvalue weighted by molar-refractivity contribution is 6.88. The van der Waals surface area contributed by atoms with E-state index in [1.807, 2.05) is 12.4 Å². The van der Waals surface area contributed by atoms with E-state index in [4.69, 9.17) is 4.74 Å². The molecule has 110 valence electrons. The Balaban J connectivity index is 2.20. The van der Waals surface area contributed by atoms with Crippen molar-refractivity contribution >= 4 is 24.3 Å². The molecule has 0 saturated carbocycles. The molecule has 0 saturated heterocycles. The average Bonchev–Trinajstić information content (AvgIpc) is 2.78. The summed E-state index contributed by atoms with van der Waals surface area (Å²) in [6, 6.07) is 2.12. The van der Waals surface area contributed by atoms with Gasteiger partial charge in [-0.15, -0.1) is 0 Å². The summed E-state index contributed by atoms with van der Waals surface area (Å²) in [7, 11) is -1.38. The Bertz CT molecular complexity index is 557. The van der Waals surface area contributed by atoms with Crippen LogP contribution >= 0.6 is 0 Å². The van der Waals surface area contributed by atoms with E-state index in [9.17, 15) is 0 Å². The second kappa shape index (κ2) is 6.55. The molecule has 0 unspecified atom stereocenters. The summed E-state index contributed by atoms with van der Waals surface area (Å²) in [4.78, 5) is 7.82. The van der Waals surface area contributed by atoms with Crippen LogP contribution < -0.4 is 5.32 Å². The number of hydrogen-bond donors (Lipinski definition) is 1. The summed E-state index contributed by atoms with van der Waals surface area (Å²) < 4.78 is 5.75. The molecule has 3 nitrogen and oxygen atoms in total. The molecule has 0 bridgehead atoms. The molecule has 0 aliphatic heterocycles. The topological polar surface area (TPSA) is 37.9 Å². The van der Waals surface area contributed by atoms with Gasteiger partial charge in [0.1, 0.15) is 0 Å². The van der Waals surface area contributed by atoms with Crippen LogP contribution in [-0.2, 0) is 11.2 Å². The van der Waals surface area contributed by atoms with Crippen LogP contribution in [0.2, 0.25) is 19.6 Å². The summed E-state index contributed by atoms with van der Waals surface area (Å²) in [5.74, 6) is 0. The number of fused-ring (bicyclic) bond motifs is 1. The predicted octanol–water partition coefficient (Wildman–Crippen LogP) is 3.47. The van der Waals surface area contributed by atoms with Crippen LogP contribution in [0, 0.1) is 0 Å². The zero-order valence-corrected chi connectivity index (χ0v) is 14.1. The van der Waals surface area contributed by atoms with Gasteiger partial charge < -0.3 is 9.72 Å². The van der Waals surface area contributed by atoms with Gasteiger partial charge in [-0.3, -0.25) is 4.98 Å². The smallest absolute Gasteiger partial charge is 0.0985 e. The van der Waals surface area contributed by atoms with Gasteiger partial charge in [0.2, 0.25) is 0 Å². The summed E-state index contributed by atoms with van der Waals surface area (Å²) in [5.41, 5.74) is 2.60. The lowest BCUT2D eigenvalue weighted by Gasteiger charge is -2.17. The summed E-state index contributed by atoms with van der Waals surface area (Å²) in [5, 5.41) is 2.76. The third kappa shape index (κ3) is 3.49. The van der Waals surface area contributed by atoms with Gasteiger partial charge in [-0.25, -0.2) is 0 Å². The van der Waals surface area contributed by atoms with Crippen molar-refractivity contribution in [2.45, 2.75) is 45.8 Å². The normalized spacial score (nSPS) is 12.2. The maximum Gasteiger partial charge on any atom is 0.0985 e. The molecule has 2 aromatic heterocycles. The van der Waals surface area contributed by atoms with Crippen molar-refractivity contribution in [3.05, 3.63) is 24.0 Å². The first-order valence-electron chi connectivity index (χ1n) is 7.57. The molecule has 4 heteroatoms. The monoisotopic (exact) mass is 290 g/mol. The Hall–Kier alpha value is -1.13. The molecule has 0 amide bonds. The van der Waals surface area contributed by atoms with Crippen LogP contribution in [0.3, 0.4) is 0 Å². The number of hydrogen-bond acceptors (Lipinski definition) is 2. The fourth-order valence-corrected chi connectivity index (χ4v) is 4.20. The van der Waals surface area contributed by atoms with Crippen LogP contribution in [0.5, 0.6) is 0 Å². The maximum absolute atomic E-state index is 5.75. The Kier molecular flexibility index (Phi) is 4.99. The zero-order chi connectivity index (χ0) is 14.6. The zero-order valence-electron chi connectivity index (χ0n) is 13.1. The summed E-state index contributed by atoms with van der Waals surface area (Å²) in [6.07, 6.45) is 7.15. The van der Waals surface area contributed by atoms with Gasteiger partial charge in [0.15, 0.2) is 0 Å². The molecule has 2 aromatic rings. The number of pyridine rings is 1. The number of nitrogens with one attached hydrogen (secondary N) is 1. The van der Waals surface area contributed by atoms with E-state index < -0.39 is 8.07 Å². The molecule has 20 heavy (non-hydrogen) atoms. The quantitative estimate of drug-likeness (QED) is 0.626. The van der Waals surface area contributed by atoms with Crippen LogP contribution in [0.25, 0.3) is 10.9 Å². The van der Waals surface area contributed by atoms with E-state index in [1.165, 1.54) is 22.7 Å². The number of H-pyrrole nitrogens is 1. The third-order valence-corrected chi connectivity index (χ3v) is 5.52. The number of unbranched alkanes of at least 4 members (excludes halogenated alkanes) is 1. The van der Waals surface area contributed by atoms with E-state index in [2.05, 4.69) is 42.6 Å². The molecule has 0 aromatic carbocycles. The van der Waals surface area contributed by atoms with Gasteiger partial charge in [0, 0.05) is 23.5 Å². The van der Waals surface area contributed by atoms with E-state index in [-0.39, 0.29) is 0 Å². The van der Waals surface area contributed by atoms with Crippen molar-refractivity contribution in [2.75, 3.05) is 13.2 Å². The summed E-state index contributed by atoms with van der Waals surface area (Å²) in [6.45, 7) is 11.0. The van der Waals surface area contributed by atoms with E-state index in [0.29, 0.717) is 0 Å². The molecule has 0 radical (unpaired) electrons. The number of ether oxygens (including phenoxy) is 1. The van der Waals surface area contributed by atoms with Crippen LogP contribution in [-0.4, -0.2) is 31.3 Å². The lowest BCUT2D eigenvalue weighted by Crippen LogP contribution is -2.41. The van der Waals surface area contributed by atoms with E-state index >= 15 is 0 Å². The number of rotatable bonds is 7. The SMILES string of the molecule is CCCCOCCc1c([Si](C)(C)C)[nH]c2cnccc12. The Labute approximate surface area is 122 Å². The minimum absolute atomic E-state index is 0.812. The second-order valence-electron chi connectivity index (χ2n) is 6.37. The molecule has 0 spiro atoms. The van der Waals surface area contributed by atoms with E-state index in [0.717, 1.165) is 31.6 Å². The first kappa shape index (κ1) is 15.3. The van der Waals surface area contributed by atoms with Gasteiger partial charge in [0.25, 0.3) is 0 Å². The van der Waals surface area contributed by atoms with Gasteiger partial charge >= 0.3 is 0 Å². The van der Waals surface area contributed by atoms with Crippen molar-refractivity contribution in [1.29, 1.82) is 0 Å². The van der Waals surface area contributed by atoms with Crippen molar-refractivity contribution < 1.29 is 4.74 Å². The first-order valence-corrected chi connectivity index (χ1v) is 11.1. The van der Waals surface area contributed by atoms with E-state index in [1.54, 1.807) is 0 Å². The Morgan fingerprint density at radius 1 is 1.25 bits per heavy atom. The van der Waals surface area contributed by atoms with Crippen LogP contribution in [0.4, 0.5) is 0 Å². The lowest BCUT2D eigenvalue weighted by atomic mass is 10.1. The molecule has 0 atom stereocenters. The summed E-state index contributed by atoms with van der Waals surface area (Å²) >= 11 is 0. The molecular formula is C16H26N2OSi. The molecule has 0 fully saturated rings. The van der Waals surface area contributed by atoms with Gasteiger partial charge in [-0.1, -0.05) is 33.0 Å². The average molecular weight is 290 g/mol. The van der Waals surface area contributed by atoms with Crippen molar-refractivity contribution in [1.82, 2.24) is 9.97 Å². The van der Waals surface area contributed by atoms with Crippen LogP contribution in [0.1, 0.15) is 25.3 Å². The minimum Gasteiger partial charge on any atom is -0.381 e. The molecular weight excluding hydrogens is 264 g/mol. The van der Waals surface area contributed by atoms with Gasteiger partial charge in [-0.05, 0) is 24.5 Å². The number of aromatic amines is 1. The van der Waals surface area contributed by atoms with Crippen molar-refractivity contribution in [3.63, 3.8) is 0 Å². The maximum atomic E-state index is 5.75. The standard InChI is InChI=1S/C16H26N2OSi/c1-5-6-10-19-11-8-14-13-7-9-17-12-15(13)18-16(14)20(2,3)4/h7,9,12,18H,5-6,8,10-11H2,1-4H3. The molecule has 1 N–H and O–H groups in total. The van der Waals surface area contributed by atoms with Gasteiger partial charge in [-0.2, -0.15) is 0 Å². The largest absolute Gasteiger partial charge is 0.381 e. The second-order valence-corrected chi connectivity index (χ2v) is 11.4. The highest BCUT2D eigenvalue weighted by atomic mass is 28.3. The van der Waals surface area contributed by atoms with Gasteiger partial charge in [0.05, 0.1) is 26.4 Å². The molecule has 2 heterocycles. The van der Waals surface area contributed by atoms with Crippen molar-refractivity contribution in [3.8, 4) is 0 Å². The highest BCUT2D eigenvalue weighted by Gasteiger charge is 2.24. The minimum atomic E-state index is -1.38. The third-order valence-electron chi connectivity index (χ3n) is 3.60. The molecule has 0 aliphatic carbocycles. The lowest BCUT2D eigenvalue weighted by molar-refractivity contribution is 0.134. The molecule has 2 rings (SSSR count).